The second-order valence-corrected chi connectivity index (χ2v) is 7.71. The fraction of sp³-hybridized carbons (Fsp3) is 0.500. The minimum absolute atomic E-state index is 0.161. The van der Waals surface area contributed by atoms with E-state index in [9.17, 15) is 8.42 Å². The molecule has 0 saturated carbocycles. The van der Waals surface area contributed by atoms with Crippen molar-refractivity contribution in [1.29, 1.82) is 0 Å². The highest BCUT2D eigenvalue weighted by Crippen LogP contribution is 2.22. The van der Waals surface area contributed by atoms with Crippen molar-refractivity contribution in [2.24, 2.45) is 5.41 Å². The monoisotopic (exact) mass is 260 g/mol. The zero-order valence-corrected chi connectivity index (χ0v) is 11.4. The zero-order valence-electron chi connectivity index (χ0n) is 9.83. The van der Waals surface area contributed by atoms with Gasteiger partial charge in [0.2, 0.25) is 0 Å². The maximum absolute atomic E-state index is 11.0. The summed E-state index contributed by atoms with van der Waals surface area (Å²) in [4.78, 5) is 0.161. The lowest BCUT2D eigenvalue weighted by Crippen LogP contribution is -2.06. The molecule has 0 fully saturated rings. The van der Waals surface area contributed by atoms with Gasteiger partial charge in [-0.15, -0.1) is 0 Å². The molecular formula is C12H17ClO2S. The summed E-state index contributed by atoms with van der Waals surface area (Å²) in [6, 6.07) is 6.75. The molecule has 0 aliphatic carbocycles. The molecule has 1 aromatic rings. The highest BCUT2D eigenvalue weighted by Gasteiger charge is 2.11. The van der Waals surface area contributed by atoms with E-state index in [-0.39, 0.29) is 10.3 Å². The topological polar surface area (TPSA) is 34.1 Å². The Kier molecular flexibility index (Phi) is 4.02. The van der Waals surface area contributed by atoms with E-state index in [4.69, 9.17) is 10.7 Å². The van der Waals surface area contributed by atoms with E-state index in [2.05, 4.69) is 20.8 Å². The molecule has 0 spiro atoms. The predicted molar refractivity (Wildman–Crippen MR) is 67.3 cm³/mol. The Morgan fingerprint density at radius 2 is 1.62 bits per heavy atom. The van der Waals surface area contributed by atoms with Crippen LogP contribution in [-0.2, 0) is 15.5 Å². The number of halogens is 1. The third-order valence-electron chi connectivity index (χ3n) is 2.37. The first-order valence-electron chi connectivity index (χ1n) is 5.22. The van der Waals surface area contributed by atoms with E-state index in [0.717, 1.165) is 18.4 Å². The molecule has 4 heteroatoms. The summed E-state index contributed by atoms with van der Waals surface area (Å²) in [6.45, 7) is 6.56. The quantitative estimate of drug-likeness (QED) is 0.779. The Hall–Kier alpha value is -0.540. The van der Waals surface area contributed by atoms with E-state index in [0.29, 0.717) is 0 Å². The van der Waals surface area contributed by atoms with Gasteiger partial charge >= 0.3 is 0 Å². The molecule has 2 nitrogen and oxygen atoms in total. The van der Waals surface area contributed by atoms with Crippen LogP contribution in [0.1, 0.15) is 32.8 Å². The number of hydrogen-bond acceptors (Lipinski definition) is 2. The van der Waals surface area contributed by atoms with Crippen LogP contribution in [0.25, 0.3) is 0 Å². The lowest BCUT2D eigenvalue weighted by atomic mass is 9.89. The Balaban J connectivity index is 2.73. The fourth-order valence-corrected chi connectivity index (χ4v) is 2.11. The van der Waals surface area contributed by atoms with Crippen LogP contribution < -0.4 is 0 Å². The van der Waals surface area contributed by atoms with E-state index >= 15 is 0 Å². The van der Waals surface area contributed by atoms with Crippen molar-refractivity contribution in [1.82, 2.24) is 0 Å². The van der Waals surface area contributed by atoms with Crippen molar-refractivity contribution in [2.75, 3.05) is 0 Å². The average molecular weight is 261 g/mol. The van der Waals surface area contributed by atoms with Crippen LogP contribution in [0, 0.1) is 5.41 Å². The molecule has 90 valence electrons. The molecule has 0 aliphatic rings. The summed E-state index contributed by atoms with van der Waals surface area (Å²) in [5, 5.41) is 0. The van der Waals surface area contributed by atoms with Gasteiger partial charge in [0.25, 0.3) is 9.05 Å². The highest BCUT2D eigenvalue weighted by atomic mass is 35.7. The minimum Gasteiger partial charge on any atom is -0.207 e. The summed E-state index contributed by atoms with van der Waals surface area (Å²) >= 11 is 0. The lowest BCUT2D eigenvalue weighted by Gasteiger charge is -2.17. The normalized spacial score (nSPS) is 12.8. The van der Waals surface area contributed by atoms with Crippen LogP contribution >= 0.6 is 10.7 Å². The maximum Gasteiger partial charge on any atom is 0.261 e. The van der Waals surface area contributed by atoms with Crippen LogP contribution in [0.5, 0.6) is 0 Å². The van der Waals surface area contributed by atoms with Crippen LogP contribution in [0.2, 0.25) is 0 Å². The third-order valence-corrected chi connectivity index (χ3v) is 3.74. The summed E-state index contributed by atoms with van der Waals surface area (Å²) in [5.74, 6) is 0. The van der Waals surface area contributed by atoms with E-state index < -0.39 is 9.05 Å². The first kappa shape index (κ1) is 13.5. The molecule has 0 atom stereocenters. The SMILES string of the molecule is CC(C)(C)CCc1ccc(S(=O)(=O)Cl)cc1. The predicted octanol–water partition coefficient (Wildman–Crippen LogP) is 3.59. The molecule has 0 unspecified atom stereocenters. The molecule has 1 aromatic carbocycles. The molecule has 0 aliphatic heterocycles. The molecule has 1 rings (SSSR count). The molecule has 0 aromatic heterocycles. The van der Waals surface area contributed by atoms with Crippen molar-refractivity contribution in [3.05, 3.63) is 29.8 Å². The standard InChI is InChI=1S/C12H17ClO2S/c1-12(2,3)9-8-10-4-6-11(7-5-10)16(13,14)15/h4-7H,8-9H2,1-3H3. The molecule has 0 saturated heterocycles. The van der Waals surface area contributed by atoms with Gasteiger partial charge in [-0.2, -0.15) is 0 Å². The fourth-order valence-electron chi connectivity index (χ4n) is 1.34. The first-order valence-corrected chi connectivity index (χ1v) is 7.53. The van der Waals surface area contributed by atoms with Crippen molar-refractivity contribution in [2.45, 2.75) is 38.5 Å². The van der Waals surface area contributed by atoms with Gasteiger partial charge in [0.1, 0.15) is 0 Å². The number of hydrogen-bond donors (Lipinski definition) is 0. The first-order chi connectivity index (χ1) is 7.18. The lowest BCUT2D eigenvalue weighted by molar-refractivity contribution is 0.378. The Morgan fingerprint density at radius 1 is 1.12 bits per heavy atom. The molecule has 0 radical (unpaired) electrons. The summed E-state index contributed by atoms with van der Waals surface area (Å²) in [6.07, 6.45) is 2.02. The zero-order chi connectivity index (χ0) is 12.4. The highest BCUT2D eigenvalue weighted by molar-refractivity contribution is 8.13. The number of benzene rings is 1. The van der Waals surface area contributed by atoms with Crippen LogP contribution in [0.15, 0.2) is 29.2 Å². The largest absolute Gasteiger partial charge is 0.261 e. The Morgan fingerprint density at radius 3 is 2.00 bits per heavy atom. The van der Waals surface area contributed by atoms with E-state index in [1.807, 2.05) is 12.1 Å². The third kappa shape index (κ3) is 4.54. The van der Waals surface area contributed by atoms with Crippen molar-refractivity contribution in [3.63, 3.8) is 0 Å². The number of aryl methyl sites for hydroxylation is 1. The van der Waals surface area contributed by atoms with Gasteiger partial charge in [0.05, 0.1) is 4.90 Å². The van der Waals surface area contributed by atoms with Gasteiger partial charge in [-0.3, -0.25) is 0 Å². The smallest absolute Gasteiger partial charge is 0.207 e. The van der Waals surface area contributed by atoms with Crippen LogP contribution in [0.4, 0.5) is 0 Å². The van der Waals surface area contributed by atoms with Crippen molar-refractivity contribution < 1.29 is 8.42 Å². The number of rotatable bonds is 3. The van der Waals surface area contributed by atoms with Gasteiger partial charge in [-0.25, -0.2) is 8.42 Å². The van der Waals surface area contributed by atoms with Gasteiger partial charge < -0.3 is 0 Å². The Labute approximate surface area is 102 Å². The molecule has 0 bridgehead atoms. The molecule has 16 heavy (non-hydrogen) atoms. The van der Waals surface area contributed by atoms with Crippen molar-refractivity contribution in [3.8, 4) is 0 Å². The average Bonchev–Trinajstić information content (AvgIpc) is 2.13. The van der Waals surface area contributed by atoms with Gasteiger partial charge in [0, 0.05) is 10.7 Å². The molecule has 0 heterocycles. The summed E-state index contributed by atoms with van der Waals surface area (Å²) in [7, 11) is 1.64. The van der Waals surface area contributed by atoms with Crippen LogP contribution in [0.3, 0.4) is 0 Å². The van der Waals surface area contributed by atoms with Crippen molar-refractivity contribution >= 4 is 19.7 Å². The molecular weight excluding hydrogens is 244 g/mol. The van der Waals surface area contributed by atoms with E-state index in [1.165, 1.54) is 0 Å². The van der Waals surface area contributed by atoms with Crippen LogP contribution in [-0.4, -0.2) is 8.42 Å². The second-order valence-electron chi connectivity index (χ2n) is 5.14. The Bertz CT molecular complexity index is 441. The summed E-state index contributed by atoms with van der Waals surface area (Å²) < 4.78 is 22.1. The van der Waals surface area contributed by atoms with Gasteiger partial charge in [-0.1, -0.05) is 32.9 Å². The van der Waals surface area contributed by atoms with E-state index in [1.54, 1.807) is 12.1 Å². The van der Waals surface area contributed by atoms with Gasteiger partial charge in [0.15, 0.2) is 0 Å². The summed E-state index contributed by atoms with van der Waals surface area (Å²) in [5.41, 5.74) is 1.43. The minimum atomic E-state index is -3.59. The molecule has 0 amide bonds. The maximum atomic E-state index is 11.0. The van der Waals surface area contributed by atoms with Gasteiger partial charge in [-0.05, 0) is 36.0 Å². The second kappa shape index (κ2) is 4.76. The molecule has 0 N–H and O–H groups in total.